The summed E-state index contributed by atoms with van der Waals surface area (Å²) >= 11 is 1.28. The van der Waals surface area contributed by atoms with Crippen LogP contribution in [-0.2, 0) is 9.63 Å². The summed E-state index contributed by atoms with van der Waals surface area (Å²) in [6, 6.07) is 0. The third-order valence-electron chi connectivity index (χ3n) is 2.00. The number of oxime groups is 1. The minimum absolute atomic E-state index is 0.0118. The molecule has 7 heteroatoms. The Hall–Kier alpha value is -1.24. The summed E-state index contributed by atoms with van der Waals surface area (Å²) in [4.78, 5) is 28.4. The molecule has 0 aromatic rings. The number of carbonyl (C=O) groups is 2. The van der Waals surface area contributed by atoms with Crippen LogP contribution >= 0.6 is 11.8 Å². The largest absolute Gasteiger partial charge is 0.433 e. The highest BCUT2D eigenvalue weighted by Gasteiger charge is 2.28. The van der Waals surface area contributed by atoms with E-state index >= 15 is 0 Å². The monoisotopic (exact) mass is 245 g/mol. The molecule has 0 bridgehead atoms. The smallest absolute Gasteiger partial charge is 0.323 e. The molecule has 0 spiro atoms. The van der Waals surface area contributed by atoms with Gasteiger partial charge >= 0.3 is 6.09 Å². The summed E-state index contributed by atoms with van der Waals surface area (Å²) < 4.78 is 0. The van der Waals surface area contributed by atoms with Crippen LogP contribution < -0.4 is 5.32 Å². The van der Waals surface area contributed by atoms with E-state index in [-0.39, 0.29) is 5.91 Å². The van der Waals surface area contributed by atoms with Crippen LogP contribution in [0.2, 0.25) is 0 Å². The molecule has 1 aliphatic heterocycles. The molecule has 1 rings (SSSR count). The summed E-state index contributed by atoms with van der Waals surface area (Å²) in [5, 5.41) is 6.39. The molecule has 2 amide bonds. The number of hydrogen-bond donors (Lipinski definition) is 1. The van der Waals surface area contributed by atoms with Crippen LogP contribution in [0.15, 0.2) is 5.16 Å². The normalized spacial score (nSPS) is 18.0. The fraction of sp³-hybridized carbons (Fsp3) is 0.667. The zero-order chi connectivity index (χ0) is 12.0. The van der Waals surface area contributed by atoms with Crippen molar-refractivity contribution in [2.75, 3.05) is 19.3 Å². The Bertz CT molecular complexity index is 306. The van der Waals surface area contributed by atoms with Gasteiger partial charge in [0.05, 0.1) is 5.75 Å². The Morgan fingerprint density at radius 3 is 3.06 bits per heavy atom. The molecule has 6 nitrogen and oxygen atoms in total. The number of nitrogens with zero attached hydrogens (tertiary/aromatic N) is 2. The third-order valence-corrected chi connectivity index (χ3v) is 2.95. The summed E-state index contributed by atoms with van der Waals surface area (Å²) in [6.45, 7) is 2.67. The molecular weight excluding hydrogens is 230 g/mol. The van der Waals surface area contributed by atoms with E-state index in [1.165, 1.54) is 18.8 Å². The first-order valence-electron chi connectivity index (χ1n) is 5.09. The highest BCUT2D eigenvalue weighted by Crippen LogP contribution is 2.19. The lowest BCUT2D eigenvalue weighted by molar-refractivity contribution is -0.124. The van der Waals surface area contributed by atoms with E-state index in [0.29, 0.717) is 17.5 Å². The highest BCUT2D eigenvalue weighted by atomic mass is 32.2. The molecule has 1 heterocycles. The van der Waals surface area contributed by atoms with Gasteiger partial charge in [-0.25, -0.2) is 4.79 Å². The Labute approximate surface area is 98.4 Å². The maximum Gasteiger partial charge on any atom is 0.433 e. The molecule has 1 fully saturated rings. The lowest BCUT2D eigenvalue weighted by Crippen LogP contribution is -2.31. The van der Waals surface area contributed by atoms with Crippen LogP contribution in [-0.4, -0.2) is 41.4 Å². The number of rotatable bonds is 4. The standard InChI is InChI=1S/C9H15N3O3S/c1-3-4-5-12-7(13)6-16-8(12)11-15-9(14)10-2/h3-6H2,1-2H3,(H,10,14). The van der Waals surface area contributed by atoms with E-state index in [9.17, 15) is 9.59 Å². The van der Waals surface area contributed by atoms with Crippen LogP contribution in [0.3, 0.4) is 0 Å². The molecule has 16 heavy (non-hydrogen) atoms. The number of nitrogens with one attached hydrogen (secondary N) is 1. The summed E-state index contributed by atoms with van der Waals surface area (Å²) in [7, 11) is 1.45. The predicted octanol–water partition coefficient (Wildman–Crippen LogP) is 0.989. The van der Waals surface area contributed by atoms with Gasteiger partial charge in [-0.15, -0.1) is 0 Å². The van der Waals surface area contributed by atoms with Crippen LogP contribution in [0.25, 0.3) is 0 Å². The first-order chi connectivity index (χ1) is 7.69. The van der Waals surface area contributed by atoms with Crippen LogP contribution in [0.1, 0.15) is 19.8 Å². The van der Waals surface area contributed by atoms with Gasteiger partial charge in [0.25, 0.3) is 0 Å². The van der Waals surface area contributed by atoms with Gasteiger partial charge < -0.3 is 5.32 Å². The van der Waals surface area contributed by atoms with Gasteiger partial charge in [-0.1, -0.05) is 25.1 Å². The molecule has 1 saturated heterocycles. The number of unbranched alkanes of at least 4 members (excludes halogenated alkanes) is 1. The van der Waals surface area contributed by atoms with Crippen molar-refractivity contribution in [1.29, 1.82) is 0 Å². The topological polar surface area (TPSA) is 71.0 Å². The van der Waals surface area contributed by atoms with Gasteiger partial charge in [-0.2, -0.15) is 0 Å². The minimum Gasteiger partial charge on any atom is -0.323 e. The second-order valence-corrected chi connectivity index (χ2v) is 4.13. The van der Waals surface area contributed by atoms with E-state index in [4.69, 9.17) is 0 Å². The molecule has 0 radical (unpaired) electrons. The van der Waals surface area contributed by atoms with Crippen LogP contribution in [0.5, 0.6) is 0 Å². The van der Waals surface area contributed by atoms with Crippen molar-refractivity contribution in [2.45, 2.75) is 19.8 Å². The van der Waals surface area contributed by atoms with Crippen molar-refractivity contribution < 1.29 is 14.4 Å². The zero-order valence-corrected chi connectivity index (χ0v) is 10.2. The number of carbonyl (C=O) groups excluding carboxylic acids is 2. The fourth-order valence-corrected chi connectivity index (χ4v) is 1.97. The zero-order valence-electron chi connectivity index (χ0n) is 9.36. The molecule has 90 valence electrons. The molecule has 0 aliphatic carbocycles. The molecule has 0 aromatic carbocycles. The first-order valence-corrected chi connectivity index (χ1v) is 6.07. The minimum atomic E-state index is -0.636. The molecule has 0 unspecified atom stereocenters. The molecule has 0 aromatic heterocycles. The third kappa shape index (κ3) is 3.41. The van der Waals surface area contributed by atoms with Crippen molar-refractivity contribution in [3.05, 3.63) is 0 Å². The highest BCUT2D eigenvalue weighted by molar-refractivity contribution is 8.15. The van der Waals surface area contributed by atoms with Gasteiger partial charge in [-0.3, -0.25) is 14.5 Å². The molecular formula is C9H15N3O3S. The van der Waals surface area contributed by atoms with Crippen LogP contribution in [0.4, 0.5) is 4.79 Å². The predicted molar refractivity (Wildman–Crippen MR) is 62.1 cm³/mol. The van der Waals surface area contributed by atoms with Gasteiger partial charge in [0.2, 0.25) is 11.1 Å². The van der Waals surface area contributed by atoms with Crippen molar-refractivity contribution in [1.82, 2.24) is 10.2 Å². The lowest BCUT2D eigenvalue weighted by Gasteiger charge is -2.14. The summed E-state index contributed by atoms with van der Waals surface area (Å²) in [5.41, 5.74) is 0. The van der Waals surface area contributed by atoms with Crippen molar-refractivity contribution in [3.63, 3.8) is 0 Å². The van der Waals surface area contributed by atoms with Gasteiger partial charge in [0.1, 0.15) is 0 Å². The van der Waals surface area contributed by atoms with E-state index in [0.717, 1.165) is 12.8 Å². The second kappa shape index (κ2) is 6.37. The average Bonchev–Trinajstić information content (AvgIpc) is 2.64. The fourth-order valence-electron chi connectivity index (χ4n) is 1.13. The molecule has 1 N–H and O–H groups in total. The van der Waals surface area contributed by atoms with Crippen molar-refractivity contribution >= 4 is 28.9 Å². The van der Waals surface area contributed by atoms with E-state index < -0.39 is 6.09 Å². The lowest BCUT2D eigenvalue weighted by atomic mass is 10.3. The molecule has 0 atom stereocenters. The first kappa shape index (κ1) is 12.8. The maximum atomic E-state index is 11.5. The Balaban J connectivity index is 2.56. The van der Waals surface area contributed by atoms with Crippen LogP contribution in [0, 0.1) is 0 Å². The summed E-state index contributed by atoms with van der Waals surface area (Å²) in [5.74, 6) is 0.373. The SMILES string of the molecule is CCCCN1C(=O)CSC1=NOC(=O)NC. The van der Waals surface area contributed by atoms with Crippen molar-refractivity contribution in [2.24, 2.45) is 5.16 Å². The second-order valence-electron chi connectivity index (χ2n) is 3.19. The average molecular weight is 245 g/mol. The number of thioether (sulfide) groups is 1. The van der Waals surface area contributed by atoms with E-state index in [2.05, 4.69) is 15.3 Å². The Kier molecular flexibility index (Phi) is 5.10. The Morgan fingerprint density at radius 1 is 1.69 bits per heavy atom. The quantitative estimate of drug-likeness (QED) is 0.592. The van der Waals surface area contributed by atoms with E-state index in [1.807, 2.05) is 6.92 Å². The van der Waals surface area contributed by atoms with Gasteiger partial charge in [0, 0.05) is 13.6 Å². The van der Waals surface area contributed by atoms with Gasteiger partial charge in [-0.05, 0) is 11.6 Å². The van der Waals surface area contributed by atoms with Gasteiger partial charge in [0.15, 0.2) is 0 Å². The number of hydrogen-bond acceptors (Lipinski definition) is 5. The number of amides is 2. The summed E-state index contributed by atoms with van der Waals surface area (Å²) in [6.07, 6.45) is 1.27. The van der Waals surface area contributed by atoms with E-state index in [1.54, 1.807) is 4.90 Å². The Morgan fingerprint density at radius 2 is 2.44 bits per heavy atom. The molecule has 0 saturated carbocycles. The van der Waals surface area contributed by atoms with Crippen molar-refractivity contribution in [3.8, 4) is 0 Å². The maximum absolute atomic E-state index is 11.5. The number of amidine groups is 1. The molecule has 1 aliphatic rings.